The second-order valence-electron chi connectivity index (χ2n) is 4.32. The molecule has 0 aliphatic rings. The lowest BCUT2D eigenvalue weighted by atomic mass is 10.2. The van der Waals surface area contributed by atoms with Crippen LogP contribution in [0.25, 0.3) is 0 Å². The largest absolute Gasteiger partial charge is 0.501 e. The van der Waals surface area contributed by atoms with Crippen molar-refractivity contribution in [1.29, 1.82) is 0 Å². The summed E-state index contributed by atoms with van der Waals surface area (Å²) in [6.07, 6.45) is 1.53. The molecule has 1 amide bonds. The van der Waals surface area contributed by atoms with Crippen molar-refractivity contribution in [3.05, 3.63) is 24.3 Å². The van der Waals surface area contributed by atoms with Gasteiger partial charge in [-0.3, -0.25) is 4.79 Å². The highest BCUT2D eigenvalue weighted by Crippen LogP contribution is 2.30. The monoisotopic (exact) mass is 324 g/mol. The lowest BCUT2D eigenvalue weighted by Crippen LogP contribution is -2.23. The van der Waals surface area contributed by atoms with Crippen LogP contribution >= 0.6 is 0 Å². The van der Waals surface area contributed by atoms with Gasteiger partial charge < -0.3 is 11.1 Å². The number of nitrogens with two attached hydrogens (primary N) is 1. The maximum atomic E-state index is 12.3. The summed E-state index contributed by atoms with van der Waals surface area (Å²) in [7, 11) is -5.31. The molecule has 0 aliphatic heterocycles. The van der Waals surface area contributed by atoms with Crippen molar-refractivity contribution in [2.24, 2.45) is 5.73 Å². The predicted octanol–water partition coefficient (Wildman–Crippen LogP) is 2.05. The Morgan fingerprint density at radius 1 is 1.14 bits per heavy atom. The Kier molecular flexibility index (Phi) is 5.59. The van der Waals surface area contributed by atoms with Crippen LogP contribution in [0.2, 0.25) is 0 Å². The van der Waals surface area contributed by atoms with E-state index in [1.54, 1.807) is 0 Å². The van der Waals surface area contributed by atoms with Crippen molar-refractivity contribution in [3.8, 4) is 0 Å². The standard InChI is InChI=1S/C12H15F3N2O3S/c13-12(14,15)21(19,20)10-6-4-9(5-7-10)17-8-2-1-3-11(16)18/h4-7,17H,1-3,8H2,(H2,16,18). The Labute approximate surface area is 120 Å². The number of carbonyl (C=O) groups is 1. The van der Waals surface area contributed by atoms with Gasteiger partial charge in [0, 0.05) is 18.7 Å². The van der Waals surface area contributed by atoms with E-state index in [-0.39, 0.29) is 6.42 Å². The van der Waals surface area contributed by atoms with Crippen LogP contribution in [0.15, 0.2) is 29.2 Å². The van der Waals surface area contributed by atoms with Crippen LogP contribution in [0, 0.1) is 0 Å². The number of unbranched alkanes of at least 4 members (excludes halogenated alkanes) is 1. The summed E-state index contributed by atoms with van der Waals surface area (Å²) in [5.74, 6) is -0.392. The number of hydrogen-bond donors (Lipinski definition) is 2. The molecule has 0 spiro atoms. The zero-order valence-electron chi connectivity index (χ0n) is 11.0. The molecule has 0 saturated heterocycles. The highest BCUT2D eigenvalue weighted by molar-refractivity contribution is 7.92. The van der Waals surface area contributed by atoms with Gasteiger partial charge in [-0.25, -0.2) is 8.42 Å². The molecule has 0 unspecified atom stereocenters. The first-order valence-corrected chi connectivity index (χ1v) is 7.56. The van der Waals surface area contributed by atoms with E-state index in [1.807, 2.05) is 0 Å². The van der Waals surface area contributed by atoms with E-state index in [0.717, 1.165) is 12.1 Å². The molecular weight excluding hydrogens is 309 g/mol. The van der Waals surface area contributed by atoms with Gasteiger partial charge in [0.2, 0.25) is 5.91 Å². The van der Waals surface area contributed by atoms with Crippen LogP contribution in [0.1, 0.15) is 19.3 Å². The first kappa shape index (κ1) is 17.3. The SMILES string of the molecule is NC(=O)CCCCNc1ccc(S(=O)(=O)C(F)(F)F)cc1. The summed E-state index contributed by atoms with van der Waals surface area (Å²) in [6, 6.07) is 4.31. The highest BCUT2D eigenvalue weighted by atomic mass is 32.2. The smallest absolute Gasteiger partial charge is 0.385 e. The van der Waals surface area contributed by atoms with E-state index in [0.29, 0.717) is 25.1 Å². The number of primary amides is 1. The van der Waals surface area contributed by atoms with Crippen LogP contribution in [0.3, 0.4) is 0 Å². The molecule has 1 rings (SSSR count). The Hall–Kier alpha value is -1.77. The number of halogens is 3. The van der Waals surface area contributed by atoms with Crippen LogP contribution in [-0.4, -0.2) is 26.4 Å². The van der Waals surface area contributed by atoms with Gasteiger partial charge >= 0.3 is 5.51 Å². The van der Waals surface area contributed by atoms with Crippen molar-refractivity contribution in [3.63, 3.8) is 0 Å². The van der Waals surface area contributed by atoms with Crippen molar-refractivity contribution in [1.82, 2.24) is 0 Å². The maximum Gasteiger partial charge on any atom is 0.501 e. The van der Waals surface area contributed by atoms with Gasteiger partial charge in [0.25, 0.3) is 9.84 Å². The topological polar surface area (TPSA) is 89.3 Å². The minimum atomic E-state index is -5.31. The molecule has 0 bridgehead atoms. The van der Waals surface area contributed by atoms with Crippen LogP contribution in [0.5, 0.6) is 0 Å². The fourth-order valence-electron chi connectivity index (χ4n) is 1.54. The summed E-state index contributed by atoms with van der Waals surface area (Å²) in [6.45, 7) is 0.499. The summed E-state index contributed by atoms with van der Waals surface area (Å²) in [4.78, 5) is 9.70. The number of nitrogens with one attached hydrogen (secondary N) is 1. The van der Waals surface area contributed by atoms with Gasteiger partial charge in [0.05, 0.1) is 4.90 Å². The van der Waals surface area contributed by atoms with Crippen molar-refractivity contribution < 1.29 is 26.4 Å². The fraction of sp³-hybridized carbons (Fsp3) is 0.417. The molecule has 3 N–H and O–H groups in total. The molecule has 1 aromatic rings. The molecule has 0 atom stereocenters. The third-order valence-electron chi connectivity index (χ3n) is 2.65. The number of alkyl halides is 3. The van der Waals surface area contributed by atoms with Crippen molar-refractivity contribution >= 4 is 21.4 Å². The fourth-order valence-corrected chi connectivity index (χ4v) is 2.30. The Morgan fingerprint density at radius 3 is 2.19 bits per heavy atom. The molecule has 0 radical (unpaired) electrons. The highest BCUT2D eigenvalue weighted by Gasteiger charge is 2.46. The van der Waals surface area contributed by atoms with E-state index >= 15 is 0 Å². The summed E-state index contributed by atoms with van der Waals surface area (Å²) in [5, 5.41) is 2.91. The second kappa shape index (κ2) is 6.79. The molecule has 0 aliphatic carbocycles. The zero-order valence-corrected chi connectivity index (χ0v) is 11.8. The third kappa shape index (κ3) is 4.92. The number of benzene rings is 1. The number of hydrogen-bond acceptors (Lipinski definition) is 4. The van der Waals surface area contributed by atoms with Crippen molar-refractivity contribution in [2.75, 3.05) is 11.9 Å². The number of rotatable bonds is 7. The van der Waals surface area contributed by atoms with Crippen molar-refractivity contribution in [2.45, 2.75) is 29.7 Å². The molecule has 5 nitrogen and oxygen atoms in total. The number of amides is 1. The average molecular weight is 324 g/mol. The average Bonchev–Trinajstić information content (AvgIpc) is 2.37. The van der Waals surface area contributed by atoms with Gasteiger partial charge in [0.1, 0.15) is 0 Å². The molecule has 9 heteroatoms. The van der Waals surface area contributed by atoms with E-state index in [2.05, 4.69) is 5.32 Å². The minimum absolute atomic E-state index is 0.268. The predicted molar refractivity (Wildman–Crippen MR) is 71.2 cm³/mol. The van der Waals surface area contributed by atoms with Crippen LogP contribution < -0.4 is 11.1 Å². The first-order valence-electron chi connectivity index (χ1n) is 6.08. The summed E-state index contributed by atoms with van der Waals surface area (Å²) < 4.78 is 59.3. The number of anilines is 1. The second-order valence-corrected chi connectivity index (χ2v) is 6.26. The maximum absolute atomic E-state index is 12.3. The third-order valence-corrected chi connectivity index (χ3v) is 4.15. The molecule has 0 fully saturated rings. The summed E-state index contributed by atoms with van der Waals surface area (Å²) >= 11 is 0. The van der Waals surface area contributed by atoms with Crippen LogP contribution in [0.4, 0.5) is 18.9 Å². The molecule has 0 saturated carbocycles. The molecule has 118 valence electrons. The number of sulfone groups is 1. The van der Waals surface area contributed by atoms with E-state index in [9.17, 15) is 26.4 Å². The molecular formula is C12H15F3N2O3S. The van der Waals surface area contributed by atoms with Gasteiger partial charge in [-0.2, -0.15) is 13.2 Å². The molecule has 21 heavy (non-hydrogen) atoms. The lowest BCUT2D eigenvalue weighted by molar-refractivity contribution is -0.118. The van der Waals surface area contributed by atoms with Gasteiger partial charge in [-0.05, 0) is 37.1 Å². The molecule has 0 aromatic heterocycles. The first-order chi connectivity index (χ1) is 9.64. The minimum Gasteiger partial charge on any atom is -0.385 e. The Balaban J connectivity index is 2.57. The Bertz CT molecular complexity index is 583. The Morgan fingerprint density at radius 2 is 1.71 bits per heavy atom. The van der Waals surface area contributed by atoms with E-state index in [4.69, 9.17) is 5.73 Å². The molecule has 0 heterocycles. The van der Waals surface area contributed by atoms with Gasteiger partial charge in [0.15, 0.2) is 0 Å². The quantitative estimate of drug-likeness (QED) is 0.751. The number of carbonyl (C=O) groups excluding carboxylic acids is 1. The summed E-state index contributed by atoms with van der Waals surface area (Å²) in [5.41, 5.74) is 0.157. The van der Waals surface area contributed by atoms with E-state index < -0.39 is 26.1 Å². The lowest BCUT2D eigenvalue weighted by Gasteiger charge is -2.10. The van der Waals surface area contributed by atoms with Gasteiger partial charge in [-0.1, -0.05) is 0 Å². The van der Waals surface area contributed by atoms with Gasteiger partial charge in [-0.15, -0.1) is 0 Å². The van der Waals surface area contributed by atoms with E-state index in [1.165, 1.54) is 12.1 Å². The zero-order chi connectivity index (χ0) is 16.1. The normalized spacial score (nSPS) is 12.1. The molecule has 1 aromatic carbocycles. The van der Waals surface area contributed by atoms with Crippen LogP contribution in [-0.2, 0) is 14.6 Å².